The Morgan fingerprint density at radius 3 is 3.07 bits per heavy atom. The van der Waals surface area contributed by atoms with Gasteiger partial charge in [0.15, 0.2) is 0 Å². The van der Waals surface area contributed by atoms with Gasteiger partial charge in [0, 0.05) is 33.3 Å². The predicted octanol–water partition coefficient (Wildman–Crippen LogP) is -1.14. The van der Waals surface area contributed by atoms with Crippen LogP contribution in [0.1, 0.15) is 6.92 Å². The zero-order valence-corrected chi connectivity index (χ0v) is 9.40. The Morgan fingerprint density at radius 1 is 1.73 bits per heavy atom. The van der Waals surface area contributed by atoms with E-state index in [1.807, 2.05) is 4.90 Å². The summed E-state index contributed by atoms with van der Waals surface area (Å²) in [4.78, 5) is 13.4. The topological polar surface area (TPSA) is 61.8 Å². The van der Waals surface area contributed by atoms with Crippen molar-refractivity contribution in [2.45, 2.75) is 19.1 Å². The van der Waals surface area contributed by atoms with Crippen molar-refractivity contribution in [2.75, 3.05) is 39.9 Å². The lowest BCUT2D eigenvalue weighted by molar-refractivity contribution is -0.123. The van der Waals surface area contributed by atoms with Crippen molar-refractivity contribution < 1.29 is 14.6 Å². The molecule has 1 saturated heterocycles. The lowest BCUT2D eigenvalue weighted by Crippen LogP contribution is -2.56. The molecule has 0 aliphatic carbocycles. The Kier molecular flexibility index (Phi) is 5.17. The number of ketones is 1. The van der Waals surface area contributed by atoms with Crippen molar-refractivity contribution in [2.24, 2.45) is 0 Å². The molecule has 1 rings (SSSR count). The summed E-state index contributed by atoms with van der Waals surface area (Å²) >= 11 is 0. The highest BCUT2D eigenvalue weighted by atomic mass is 16.5. The van der Waals surface area contributed by atoms with E-state index in [9.17, 15) is 9.90 Å². The molecular formula is C10H20N2O3. The van der Waals surface area contributed by atoms with Crippen LogP contribution in [0.25, 0.3) is 0 Å². The standard InChI is InChI=1S/C10H20N2O3/c1-8(13)10-5-11-3-4-12(10)6-9(14)7-15-2/h9-11,14H,3-7H2,1-2H3/t9-,10?/m1/s1. The molecule has 88 valence electrons. The lowest BCUT2D eigenvalue weighted by Gasteiger charge is -2.35. The number of aliphatic hydroxyl groups excluding tert-OH is 1. The number of nitrogens with one attached hydrogen (secondary N) is 1. The second kappa shape index (κ2) is 6.17. The molecule has 2 atom stereocenters. The number of hydrogen-bond acceptors (Lipinski definition) is 5. The SMILES string of the molecule is COC[C@H](O)CN1CCNCC1C(C)=O. The molecule has 0 spiro atoms. The number of ether oxygens (including phenoxy) is 1. The Labute approximate surface area is 90.4 Å². The fourth-order valence-corrected chi connectivity index (χ4v) is 1.88. The number of methoxy groups -OCH3 is 1. The molecule has 0 bridgehead atoms. The molecule has 1 aliphatic heterocycles. The fraction of sp³-hybridized carbons (Fsp3) is 0.900. The van der Waals surface area contributed by atoms with Gasteiger partial charge in [-0.05, 0) is 6.92 Å². The van der Waals surface area contributed by atoms with Gasteiger partial charge >= 0.3 is 0 Å². The van der Waals surface area contributed by atoms with Crippen molar-refractivity contribution in [3.05, 3.63) is 0 Å². The number of rotatable bonds is 5. The number of Topliss-reactive ketones (excluding diaryl/α,β-unsaturated/α-hetero) is 1. The fourth-order valence-electron chi connectivity index (χ4n) is 1.88. The molecule has 1 heterocycles. The van der Waals surface area contributed by atoms with Gasteiger partial charge < -0.3 is 15.2 Å². The minimum atomic E-state index is -0.519. The minimum Gasteiger partial charge on any atom is -0.389 e. The number of piperazine rings is 1. The Morgan fingerprint density at radius 2 is 2.47 bits per heavy atom. The number of aliphatic hydroxyl groups is 1. The smallest absolute Gasteiger partial charge is 0.148 e. The summed E-state index contributed by atoms with van der Waals surface area (Å²) in [7, 11) is 1.56. The second-order valence-electron chi connectivity index (χ2n) is 3.93. The highest BCUT2D eigenvalue weighted by Crippen LogP contribution is 2.05. The van der Waals surface area contributed by atoms with Crippen LogP contribution in [0.4, 0.5) is 0 Å². The van der Waals surface area contributed by atoms with Crippen LogP contribution in [0.15, 0.2) is 0 Å². The van der Waals surface area contributed by atoms with Gasteiger partial charge in [-0.1, -0.05) is 0 Å². The van der Waals surface area contributed by atoms with Crippen molar-refractivity contribution in [1.29, 1.82) is 0 Å². The average Bonchev–Trinajstić information content (AvgIpc) is 2.18. The monoisotopic (exact) mass is 216 g/mol. The van der Waals surface area contributed by atoms with Crippen LogP contribution in [-0.2, 0) is 9.53 Å². The molecule has 0 aromatic carbocycles. The maximum Gasteiger partial charge on any atom is 0.148 e. The molecule has 5 heteroatoms. The molecule has 0 amide bonds. The molecular weight excluding hydrogens is 196 g/mol. The molecule has 0 aromatic rings. The van der Waals surface area contributed by atoms with Crippen molar-refractivity contribution in [3.8, 4) is 0 Å². The average molecular weight is 216 g/mol. The van der Waals surface area contributed by atoms with Crippen molar-refractivity contribution >= 4 is 5.78 Å². The highest BCUT2D eigenvalue weighted by molar-refractivity contribution is 5.81. The van der Waals surface area contributed by atoms with E-state index in [2.05, 4.69) is 5.32 Å². The van der Waals surface area contributed by atoms with Crippen LogP contribution in [-0.4, -0.2) is 67.8 Å². The second-order valence-corrected chi connectivity index (χ2v) is 3.93. The molecule has 1 aliphatic rings. The third kappa shape index (κ3) is 3.87. The van der Waals surface area contributed by atoms with Gasteiger partial charge in [-0.25, -0.2) is 0 Å². The number of β-amino-alcohol motifs (C(OH)–C–C–N with tert-alkyl or cyclic N) is 1. The summed E-state index contributed by atoms with van der Waals surface area (Å²) in [5, 5.41) is 12.8. The van der Waals surface area contributed by atoms with Crippen molar-refractivity contribution in [1.82, 2.24) is 10.2 Å². The zero-order valence-electron chi connectivity index (χ0n) is 9.40. The Balaban J connectivity index is 2.45. The third-order valence-corrected chi connectivity index (χ3v) is 2.63. The van der Waals surface area contributed by atoms with Crippen LogP contribution in [0.2, 0.25) is 0 Å². The molecule has 0 aromatic heterocycles. The van der Waals surface area contributed by atoms with E-state index in [4.69, 9.17) is 4.74 Å². The van der Waals surface area contributed by atoms with E-state index in [0.717, 1.165) is 13.1 Å². The van der Waals surface area contributed by atoms with Gasteiger partial charge in [-0.2, -0.15) is 0 Å². The van der Waals surface area contributed by atoms with Gasteiger partial charge in [-0.15, -0.1) is 0 Å². The van der Waals surface area contributed by atoms with Crippen molar-refractivity contribution in [3.63, 3.8) is 0 Å². The normalized spacial score (nSPS) is 25.1. The quantitative estimate of drug-likeness (QED) is 0.608. The third-order valence-electron chi connectivity index (χ3n) is 2.63. The summed E-state index contributed by atoms with van der Waals surface area (Å²) in [6.07, 6.45) is -0.519. The first-order chi connectivity index (χ1) is 7.15. The van der Waals surface area contributed by atoms with E-state index in [1.165, 1.54) is 0 Å². The first kappa shape index (κ1) is 12.6. The van der Waals surface area contributed by atoms with E-state index in [1.54, 1.807) is 14.0 Å². The Bertz CT molecular complexity index is 211. The van der Waals surface area contributed by atoms with Crippen LogP contribution in [0.3, 0.4) is 0 Å². The molecule has 0 radical (unpaired) electrons. The first-order valence-electron chi connectivity index (χ1n) is 5.27. The molecule has 5 nitrogen and oxygen atoms in total. The Hall–Kier alpha value is -0.490. The summed E-state index contributed by atoms with van der Waals surface area (Å²) in [5.41, 5.74) is 0. The van der Waals surface area contributed by atoms with E-state index < -0.39 is 6.10 Å². The summed E-state index contributed by atoms with van der Waals surface area (Å²) in [6, 6.07) is -0.106. The van der Waals surface area contributed by atoms with Gasteiger partial charge in [0.1, 0.15) is 5.78 Å². The molecule has 1 fully saturated rings. The van der Waals surface area contributed by atoms with Crippen LogP contribution in [0.5, 0.6) is 0 Å². The molecule has 15 heavy (non-hydrogen) atoms. The number of nitrogens with zero attached hydrogens (tertiary/aromatic N) is 1. The number of hydrogen-bond donors (Lipinski definition) is 2. The zero-order chi connectivity index (χ0) is 11.3. The maximum atomic E-state index is 11.4. The predicted molar refractivity (Wildman–Crippen MR) is 56.8 cm³/mol. The largest absolute Gasteiger partial charge is 0.389 e. The summed E-state index contributed by atoms with van der Waals surface area (Å²) < 4.78 is 4.86. The van der Waals surface area contributed by atoms with Gasteiger partial charge in [-0.3, -0.25) is 9.69 Å². The van der Waals surface area contributed by atoms with Gasteiger partial charge in [0.25, 0.3) is 0 Å². The summed E-state index contributed by atoms with van der Waals surface area (Å²) in [5.74, 6) is 0.145. The molecule has 0 saturated carbocycles. The molecule has 2 N–H and O–H groups in total. The van der Waals surface area contributed by atoms with E-state index >= 15 is 0 Å². The number of carbonyl (C=O) groups excluding carboxylic acids is 1. The van der Waals surface area contributed by atoms with Gasteiger partial charge in [0.05, 0.1) is 18.8 Å². The number of carbonyl (C=O) groups is 1. The molecule has 1 unspecified atom stereocenters. The lowest BCUT2D eigenvalue weighted by atomic mass is 10.1. The highest BCUT2D eigenvalue weighted by Gasteiger charge is 2.27. The van der Waals surface area contributed by atoms with E-state index in [-0.39, 0.29) is 11.8 Å². The summed E-state index contributed by atoms with van der Waals surface area (Å²) in [6.45, 7) is 4.74. The van der Waals surface area contributed by atoms with Crippen LogP contribution in [0, 0.1) is 0 Å². The van der Waals surface area contributed by atoms with E-state index in [0.29, 0.717) is 19.7 Å². The van der Waals surface area contributed by atoms with Crippen LogP contribution < -0.4 is 5.32 Å². The maximum absolute atomic E-state index is 11.4. The van der Waals surface area contributed by atoms with Gasteiger partial charge in [0.2, 0.25) is 0 Å². The minimum absolute atomic E-state index is 0.106. The first-order valence-corrected chi connectivity index (χ1v) is 5.27. The van der Waals surface area contributed by atoms with Crippen LogP contribution >= 0.6 is 0 Å².